The van der Waals surface area contributed by atoms with Gasteiger partial charge in [0.1, 0.15) is 17.5 Å². The van der Waals surface area contributed by atoms with Crippen molar-refractivity contribution in [2.24, 2.45) is 0 Å². The molecule has 7 heteroatoms. The maximum Gasteiger partial charge on any atom is 0.340 e. The van der Waals surface area contributed by atoms with Crippen LogP contribution in [0.1, 0.15) is 17.3 Å². The van der Waals surface area contributed by atoms with Gasteiger partial charge in [0.15, 0.2) is 0 Å². The fourth-order valence-corrected chi connectivity index (χ4v) is 1.54. The molecule has 0 aromatic carbocycles. The summed E-state index contributed by atoms with van der Waals surface area (Å²) in [5.74, 6) is 2.15. The summed E-state index contributed by atoms with van der Waals surface area (Å²) in [6.07, 6.45) is 0.626. The van der Waals surface area contributed by atoms with Crippen LogP contribution in [0.2, 0.25) is 0 Å². The Kier molecular flexibility index (Phi) is 3.17. The lowest BCUT2D eigenvalue weighted by Crippen LogP contribution is -2.09. The van der Waals surface area contributed by atoms with Gasteiger partial charge in [-0.3, -0.25) is 4.98 Å². The number of hydrogen-bond donors (Lipinski definition) is 3. The molecule has 0 saturated heterocycles. The SMILES string of the molecule is Cc1cc(NCCc2n[nH]c(=O)[nH]2)nc(C)n1. The summed E-state index contributed by atoms with van der Waals surface area (Å²) < 4.78 is 0. The Hall–Kier alpha value is -2.18. The molecule has 0 unspecified atom stereocenters. The van der Waals surface area contributed by atoms with E-state index in [0.29, 0.717) is 18.8 Å². The van der Waals surface area contributed by atoms with E-state index in [0.717, 1.165) is 17.3 Å². The summed E-state index contributed by atoms with van der Waals surface area (Å²) in [5.41, 5.74) is 0.641. The molecule has 2 rings (SSSR count). The van der Waals surface area contributed by atoms with Gasteiger partial charge in [-0.2, -0.15) is 5.10 Å². The van der Waals surface area contributed by atoms with Gasteiger partial charge in [0.25, 0.3) is 0 Å². The van der Waals surface area contributed by atoms with Crippen LogP contribution in [-0.2, 0) is 6.42 Å². The van der Waals surface area contributed by atoms with Gasteiger partial charge in [-0.15, -0.1) is 0 Å². The molecule has 0 fully saturated rings. The molecule has 0 atom stereocenters. The molecule has 90 valence electrons. The van der Waals surface area contributed by atoms with E-state index in [4.69, 9.17) is 0 Å². The highest BCUT2D eigenvalue weighted by Gasteiger charge is 2.00. The Balaban J connectivity index is 1.91. The van der Waals surface area contributed by atoms with Gasteiger partial charge in [0.2, 0.25) is 0 Å². The van der Waals surface area contributed by atoms with Crippen molar-refractivity contribution in [2.75, 3.05) is 11.9 Å². The van der Waals surface area contributed by atoms with Crippen LogP contribution in [0.4, 0.5) is 5.82 Å². The van der Waals surface area contributed by atoms with Crippen molar-refractivity contribution in [3.8, 4) is 0 Å². The first-order valence-corrected chi connectivity index (χ1v) is 5.33. The van der Waals surface area contributed by atoms with E-state index in [1.807, 2.05) is 19.9 Å². The van der Waals surface area contributed by atoms with Crippen molar-refractivity contribution >= 4 is 5.82 Å². The number of rotatable bonds is 4. The van der Waals surface area contributed by atoms with Crippen LogP contribution >= 0.6 is 0 Å². The molecular weight excluding hydrogens is 220 g/mol. The van der Waals surface area contributed by atoms with Gasteiger partial charge in [0.05, 0.1) is 0 Å². The van der Waals surface area contributed by atoms with Crippen molar-refractivity contribution in [3.05, 3.63) is 33.9 Å². The Morgan fingerprint density at radius 1 is 1.35 bits per heavy atom. The van der Waals surface area contributed by atoms with E-state index in [2.05, 4.69) is 30.5 Å². The van der Waals surface area contributed by atoms with E-state index in [1.54, 1.807) is 0 Å². The zero-order chi connectivity index (χ0) is 12.3. The lowest BCUT2D eigenvalue weighted by atomic mass is 10.3. The summed E-state index contributed by atoms with van der Waals surface area (Å²) in [4.78, 5) is 21.8. The molecule has 2 aromatic rings. The molecule has 0 radical (unpaired) electrons. The van der Waals surface area contributed by atoms with Gasteiger partial charge in [-0.1, -0.05) is 0 Å². The third-order valence-corrected chi connectivity index (χ3v) is 2.18. The Labute approximate surface area is 97.7 Å². The molecule has 0 aliphatic carbocycles. The van der Waals surface area contributed by atoms with Gasteiger partial charge < -0.3 is 5.32 Å². The molecule has 0 saturated carbocycles. The molecule has 17 heavy (non-hydrogen) atoms. The summed E-state index contributed by atoms with van der Waals surface area (Å²) in [5, 5.41) is 9.29. The second-order valence-electron chi connectivity index (χ2n) is 3.74. The lowest BCUT2D eigenvalue weighted by Gasteiger charge is -2.05. The minimum Gasteiger partial charge on any atom is -0.370 e. The maximum absolute atomic E-state index is 10.8. The van der Waals surface area contributed by atoms with Crippen LogP contribution in [0, 0.1) is 13.8 Å². The van der Waals surface area contributed by atoms with Crippen LogP contribution in [0.25, 0.3) is 0 Å². The fourth-order valence-electron chi connectivity index (χ4n) is 1.54. The first-order valence-electron chi connectivity index (χ1n) is 5.33. The van der Waals surface area contributed by atoms with Gasteiger partial charge in [-0.05, 0) is 13.8 Å². The molecule has 2 aromatic heterocycles. The average Bonchev–Trinajstić information content (AvgIpc) is 2.63. The number of aromatic nitrogens is 5. The van der Waals surface area contributed by atoms with Crippen molar-refractivity contribution in [1.29, 1.82) is 0 Å². The molecule has 0 amide bonds. The van der Waals surface area contributed by atoms with Crippen molar-refractivity contribution in [2.45, 2.75) is 20.3 Å². The third-order valence-electron chi connectivity index (χ3n) is 2.18. The number of aromatic amines is 2. The van der Waals surface area contributed by atoms with Crippen molar-refractivity contribution in [3.63, 3.8) is 0 Å². The highest BCUT2D eigenvalue weighted by atomic mass is 16.1. The average molecular weight is 234 g/mol. The quantitative estimate of drug-likeness (QED) is 0.699. The van der Waals surface area contributed by atoms with E-state index < -0.39 is 0 Å². The number of anilines is 1. The smallest absolute Gasteiger partial charge is 0.340 e. The minimum absolute atomic E-state index is 0.284. The maximum atomic E-state index is 10.8. The third kappa shape index (κ3) is 3.13. The standard InChI is InChI=1S/C10H14N6O/c1-6-5-9(13-7(2)12-6)11-4-3-8-14-10(17)16-15-8/h5H,3-4H2,1-2H3,(H,11,12,13)(H2,14,15,16,17). The predicted molar refractivity (Wildman–Crippen MR) is 62.9 cm³/mol. The largest absolute Gasteiger partial charge is 0.370 e. The van der Waals surface area contributed by atoms with Crippen LogP contribution < -0.4 is 11.0 Å². The summed E-state index contributed by atoms with van der Waals surface area (Å²) in [6, 6.07) is 1.88. The van der Waals surface area contributed by atoms with Crippen molar-refractivity contribution < 1.29 is 0 Å². The van der Waals surface area contributed by atoms with Crippen LogP contribution in [-0.4, -0.2) is 31.7 Å². The normalized spacial score (nSPS) is 10.5. The Morgan fingerprint density at radius 2 is 2.18 bits per heavy atom. The van der Waals surface area contributed by atoms with Crippen LogP contribution in [0.15, 0.2) is 10.9 Å². The zero-order valence-electron chi connectivity index (χ0n) is 9.74. The first kappa shape index (κ1) is 11.3. The number of nitrogens with zero attached hydrogens (tertiary/aromatic N) is 3. The lowest BCUT2D eigenvalue weighted by molar-refractivity contribution is 0.891. The molecule has 0 spiro atoms. The number of nitrogens with one attached hydrogen (secondary N) is 3. The summed E-state index contributed by atoms with van der Waals surface area (Å²) >= 11 is 0. The number of hydrogen-bond acceptors (Lipinski definition) is 5. The van der Waals surface area contributed by atoms with E-state index in [9.17, 15) is 4.79 Å². The molecule has 3 N–H and O–H groups in total. The van der Waals surface area contributed by atoms with Crippen LogP contribution in [0.3, 0.4) is 0 Å². The zero-order valence-corrected chi connectivity index (χ0v) is 9.74. The van der Waals surface area contributed by atoms with Gasteiger partial charge >= 0.3 is 5.69 Å². The number of H-pyrrole nitrogens is 2. The first-order chi connectivity index (χ1) is 8.13. The summed E-state index contributed by atoms with van der Waals surface area (Å²) in [7, 11) is 0. The molecule has 2 heterocycles. The van der Waals surface area contributed by atoms with E-state index >= 15 is 0 Å². The van der Waals surface area contributed by atoms with Gasteiger partial charge in [-0.25, -0.2) is 19.9 Å². The molecule has 7 nitrogen and oxygen atoms in total. The second kappa shape index (κ2) is 4.77. The monoisotopic (exact) mass is 234 g/mol. The van der Waals surface area contributed by atoms with E-state index in [-0.39, 0.29) is 5.69 Å². The highest BCUT2D eigenvalue weighted by molar-refractivity contribution is 5.35. The van der Waals surface area contributed by atoms with Crippen molar-refractivity contribution in [1.82, 2.24) is 25.1 Å². The van der Waals surface area contributed by atoms with E-state index in [1.165, 1.54) is 0 Å². The topological polar surface area (TPSA) is 99.3 Å². The fraction of sp³-hybridized carbons (Fsp3) is 0.400. The van der Waals surface area contributed by atoms with Gasteiger partial charge in [0, 0.05) is 24.7 Å². The summed E-state index contributed by atoms with van der Waals surface area (Å²) in [6.45, 7) is 4.42. The predicted octanol–water partition coefficient (Wildman–Crippen LogP) is 0.159. The minimum atomic E-state index is -0.284. The molecule has 0 aliphatic rings. The second-order valence-corrected chi connectivity index (χ2v) is 3.74. The molecule has 0 bridgehead atoms. The number of aryl methyl sites for hydroxylation is 2. The molecule has 0 aliphatic heterocycles. The Bertz CT molecular complexity index is 538. The highest BCUT2D eigenvalue weighted by Crippen LogP contribution is 2.05. The van der Waals surface area contributed by atoms with Crippen LogP contribution in [0.5, 0.6) is 0 Å². The Morgan fingerprint density at radius 3 is 2.82 bits per heavy atom. The molecular formula is C10H14N6O.